The second-order valence-electron chi connectivity index (χ2n) is 4.09. The molecule has 3 rings (SSSR count). The molecule has 0 amide bonds. The second-order valence-corrected chi connectivity index (χ2v) is 4.94. The molecule has 1 unspecified atom stereocenters. The summed E-state index contributed by atoms with van der Waals surface area (Å²) in [6, 6.07) is 7.21. The smallest absolute Gasteiger partial charge is 0.0465 e. The maximum Gasteiger partial charge on any atom is 0.0465 e. The number of fused-ring (bicyclic) bond motifs is 1. The van der Waals surface area contributed by atoms with Crippen LogP contribution >= 0.6 is 15.9 Å². The van der Waals surface area contributed by atoms with E-state index in [9.17, 15) is 0 Å². The van der Waals surface area contributed by atoms with Gasteiger partial charge in [0.15, 0.2) is 0 Å². The molecule has 0 bridgehead atoms. The average Bonchev–Trinajstić information content (AvgIpc) is 2.88. The number of rotatable bonds is 1. The molecule has 1 saturated heterocycles. The summed E-state index contributed by atoms with van der Waals surface area (Å²) in [7, 11) is 0. The molecule has 15 heavy (non-hydrogen) atoms. The zero-order valence-electron chi connectivity index (χ0n) is 8.39. The third-order valence-corrected chi connectivity index (χ3v) is 3.77. The normalized spacial score (nSPS) is 21.3. The van der Waals surface area contributed by atoms with Crippen molar-refractivity contribution in [3.05, 3.63) is 34.4 Å². The van der Waals surface area contributed by atoms with Crippen molar-refractivity contribution in [2.24, 2.45) is 0 Å². The van der Waals surface area contributed by atoms with Gasteiger partial charge in [0, 0.05) is 27.6 Å². The van der Waals surface area contributed by atoms with E-state index in [1.807, 2.05) is 6.20 Å². The summed E-state index contributed by atoms with van der Waals surface area (Å²) in [5.74, 6) is 0. The van der Waals surface area contributed by atoms with Crippen LogP contribution in [0.1, 0.15) is 24.4 Å². The molecule has 1 atom stereocenters. The van der Waals surface area contributed by atoms with E-state index in [4.69, 9.17) is 0 Å². The molecule has 1 aromatic carbocycles. The maximum atomic E-state index is 3.56. The quantitative estimate of drug-likeness (QED) is 0.813. The Kier molecular flexibility index (Phi) is 2.29. The van der Waals surface area contributed by atoms with Crippen molar-refractivity contribution in [3.63, 3.8) is 0 Å². The standard InChI is InChI=1S/C12H13BrN2/c13-10-7-15-12-4-3-8(6-9(10)12)11-2-1-5-14-11/h3-4,6-7,11,14-15H,1-2,5H2. The van der Waals surface area contributed by atoms with Crippen LogP contribution in [-0.4, -0.2) is 11.5 Å². The molecular weight excluding hydrogens is 252 g/mol. The van der Waals surface area contributed by atoms with Gasteiger partial charge in [0.05, 0.1) is 0 Å². The Balaban J connectivity index is 2.08. The molecule has 2 heterocycles. The van der Waals surface area contributed by atoms with E-state index >= 15 is 0 Å². The van der Waals surface area contributed by atoms with Crippen molar-refractivity contribution in [2.75, 3.05) is 6.54 Å². The van der Waals surface area contributed by atoms with Crippen LogP contribution in [0, 0.1) is 0 Å². The van der Waals surface area contributed by atoms with Crippen LogP contribution in [0.4, 0.5) is 0 Å². The van der Waals surface area contributed by atoms with Gasteiger partial charge in [-0.3, -0.25) is 0 Å². The molecular formula is C12H13BrN2. The fourth-order valence-corrected chi connectivity index (χ4v) is 2.73. The van der Waals surface area contributed by atoms with Crippen LogP contribution in [0.5, 0.6) is 0 Å². The summed E-state index contributed by atoms with van der Waals surface area (Å²) in [6.07, 6.45) is 4.54. The molecule has 3 heteroatoms. The summed E-state index contributed by atoms with van der Waals surface area (Å²) < 4.78 is 1.15. The van der Waals surface area contributed by atoms with Gasteiger partial charge in [0.25, 0.3) is 0 Å². The van der Waals surface area contributed by atoms with Crippen LogP contribution in [0.2, 0.25) is 0 Å². The summed E-state index contributed by atoms with van der Waals surface area (Å²) in [4.78, 5) is 3.24. The van der Waals surface area contributed by atoms with Crippen molar-refractivity contribution < 1.29 is 0 Å². The largest absolute Gasteiger partial charge is 0.360 e. The molecule has 1 fully saturated rings. The third-order valence-electron chi connectivity index (χ3n) is 3.12. The highest BCUT2D eigenvalue weighted by molar-refractivity contribution is 9.10. The Morgan fingerprint density at radius 3 is 3.07 bits per heavy atom. The fraction of sp³-hybridized carbons (Fsp3) is 0.333. The SMILES string of the molecule is Brc1c[nH]c2ccc(C3CCCN3)cc12. The molecule has 2 aromatic rings. The van der Waals surface area contributed by atoms with E-state index in [0.717, 1.165) is 11.0 Å². The molecule has 0 aliphatic carbocycles. The lowest BCUT2D eigenvalue weighted by atomic mass is 10.0. The molecule has 2 nitrogen and oxygen atoms in total. The number of aromatic amines is 1. The molecule has 0 radical (unpaired) electrons. The van der Waals surface area contributed by atoms with Gasteiger partial charge in [-0.15, -0.1) is 0 Å². The summed E-state index contributed by atoms with van der Waals surface area (Å²) in [5, 5.41) is 4.80. The maximum absolute atomic E-state index is 3.56. The lowest BCUT2D eigenvalue weighted by Crippen LogP contribution is -2.12. The lowest BCUT2D eigenvalue weighted by molar-refractivity contribution is 0.648. The Morgan fingerprint density at radius 1 is 1.33 bits per heavy atom. The molecule has 2 N–H and O–H groups in total. The Labute approximate surface area is 97.2 Å². The highest BCUT2D eigenvalue weighted by Gasteiger charge is 2.16. The Hall–Kier alpha value is -0.800. The molecule has 1 aromatic heterocycles. The number of nitrogens with one attached hydrogen (secondary N) is 2. The average molecular weight is 265 g/mol. The van der Waals surface area contributed by atoms with E-state index in [1.165, 1.54) is 29.3 Å². The van der Waals surface area contributed by atoms with Gasteiger partial charge in [0.2, 0.25) is 0 Å². The van der Waals surface area contributed by atoms with Crippen LogP contribution in [-0.2, 0) is 0 Å². The number of halogens is 1. The zero-order chi connectivity index (χ0) is 10.3. The highest BCUT2D eigenvalue weighted by Crippen LogP contribution is 2.29. The first kappa shape index (κ1) is 9.43. The monoisotopic (exact) mass is 264 g/mol. The van der Waals surface area contributed by atoms with Crippen molar-refractivity contribution in [2.45, 2.75) is 18.9 Å². The highest BCUT2D eigenvalue weighted by atomic mass is 79.9. The summed E-state index contributed by atoms with van der Waals surface area (Å²) >= 11 is 3.56. The van der Waals surface area contributed by atoms with Gasteiger partial charge in [-0.1, -0.05) is 6.07 Å². The number of hydrogen-bond acceptors (Lipinski definition) is 1. The van der Waals surface area contributed by atoms with Crippen molar-refractivity contribution in [3.8, 4) is 0 Å². The lowest BCUT2D eigenvalue weighted by Gasteiger charge is -2.10. The predicted octanol–water partition coefficient (Wildman–Crippen LogP) is 3.35. The van der Waals surface area contributed by atoms with E-state index in [1.54, 1.807) is 0 Å². The molecule has 1 aliphatic rings. The van der Waals surface area contributed by atoms with E-state index < -0.39 is 0 Å². The minimum Gasteiger partial charge on any atom is -0.360 e. The number of hydrogen-bond donors (Lipinski definition) is 2. The third kappa shape index (κ3) is 1.60. The van der Waals surface area contributed by atoms with Gasteiger partial charge in [-0.25, -0.2) is 0 Å². The number of H-pyrrole nitrogens is 1. The second kappa shape index (κ2) is 3.65. The van der Waals surface area contributed by atoms with Gasteiger partial charge >= 0.3 is 0 Å². The first-order valence-electron chi connectivity index (χ1n) is 5.34. The van der Waals surface area contributed by atoms with Crippen molar-refractivity contribution in [1.82, 2.24) is 10.3 Å². The summed E-state index contributed by atoms with van der Waals surface area (Å²) in [6.45, 7) is 1.15. The molecule has 78 valence electrons. The van der Waals surface area contributed by atoms with Crippen LogP contribution in [0.15, 0.2) is 28.9 Å². The predicted molar refractivity (Wildman–Crippen MR) is 66.0 cm³/mol. The van der Waals surface area contributed by atoms with E-state index in [-0.39, 0.29) is 0 Å². The minimum absolute atomic E-state index is 0.552. The topological polar surface area (TPSA) is 27.8 Å². The van der Waals surface area contributed by atoms with Gasteiger partial charge < -0.3 is 10.3 Å². The number of aromatic nitrogens is 1. The molecule has 0 saturated carbocycles. The Bertz CT molecular complexity index is 483. The molecule has 1 aliphatic heterocycles. The number of benzene rings is 1. The van der Waals surface area contributed by atoms with Gasteiger partial charge in [-0.05, 0) is 53.0 Å². The van der Waals surface area contributed by atoms with E-state index in [0.29, 0.717) is 6.04 Å². The molecule has 0 spiro atoms. The van der Waals surface area contributed by atoms with Crippen LogP contribution < -0.4 is 5.32 Å². The first-order chi connectivity index (χ1) is 7.34. The first-order valence-corrected chi connectivity index (χ1v) is 6.14. The van der Waals surface area contributed by atoms with Crippen LogP contribution in [0.25, 0.3) is 10.9 Å². The van der Waals surface area contributed by atoms with Crippen LogP contribution in [0.3, 0.4) is 0 Å². The van der Waals surface area contributed by atoms with Gasteiger partial charge in [-0.2, -0.15) is 0 Å². The fourth-order valence-electron chi connectivity index (χ4n) is 2.29. The van der Waals surface area contributed by atoms with Crippen molar-refractivity contribution in [1.29, 1.82) is 0 Å². The van der Waals surface area contributed by atoms with Gasteiger partial charge in [0.1, 0.15) is 0 Å². The minimum atomic E-state index is 0.552. The Morgan fingerprint density at radius 2 is 2.27 bits per heavy atom. The zero-order valence-corrected chi connectivity index (χ0v) is 9.97. The summed E-state index contributed by atoms with van der Waals surface area (Å²) in [5.41, 5.74) is 2.60. The van der Waals surface area contributed by atoms with E-state index in [2.05, 4.69) is 44.4 Å². The van der Waals surface area contributed by atoms with Crippen molar-refractivity contribution >= 4 is 26.8 Å².